The number of esters is 3. The minimum Gasteiger partial charge on any atom is -0.465 e. The second kappa shape index (κ2) is 42.3. The van der Waals surface area contributed by atoms with Crippen LogP contribution in [0, 0.1) is 0 Å². The molecule has 3 amide bonds. The van der Waals surface area contributed by atoms with Gasteiger partial charge >= 0.3 is 36.2 Å². The Labute approximate surface area is 621 Å². The fourth-order valence-electron chi connectivity index (χ4n) is 11.3. The summed E-state index contributed by atoms with van der Waals surface area (Å²) in [5.74, 6) is -3.83. The quantitative estimate of drug-likeness (QED) is 0.0105. The lowest BCUT2D eigenvalue weighted by Crippen LogP contribution is -2.45. The van der Waals surface area contributed by atoms with Gasteiger partial charge in [0.25, 0.3) is 11.6 Å². The Morgan fingerprint density at radius 2 is 0.689 bits per heavy atom. The standard InChI is InChI=1S/C34H38N2O6.C27H34N2O6.C16H14O2.C7H16N2O2/c1-34(2,3)42-33(40)35-19-11-14-24(37)21-36-30(20-23-12-5-4-6-13-23)31(38)32(39)41-22-29-27-17-9-7-15-25(27)26-16-8-10-18-28(26)29;1-27(2,3)35-26(33)28-16-10-15-22(30)18-29-23(17-20-11-6-4-7-12-20)24(31)25(32)34-19-21-13-8-5-9-14-21;1-11(17)18-10-16-14-8-4-2-6-12(14)13-7-3-5-9-15(13)16;1-7(2,3)11-6(10)9-5-4-8/h4-10,12-13,15-18,29-30,36H,11,14,19-22H2,1-3H3,(H,35,40);4-9,11-14,23,29H,10,15-19H2,1-3H3,(H,28,33);2-9,16H,10H2,1H3;4-5,8H2,1-3H3,(H,9,10)/t30-;23-;;/m00../s1. The molecule has 9 rings (SSSR count). The fourth-order valence-corrected chi connectivity index (χ4v) is 11.3. The minimum absolute atomic E-state index is 0.00690. The van der Waals surface area contributed by atoms with Gasteiger partial charge in [-0.1, -0.05) is 188 Å². The van der Waals surface area contributed by atoms with Crippen molar-refractivity contribution in [2.75, 3.05) is 52.5 Å². The molecule has 106 heavy (non-hydrogen) atoms. The first kappa shape index (κ1) is 84.3. The molecule has 0 unspecified atom stereocenters. The monoisotopic (exact) mass is 1450 g/mol. The molecule has 0 radical (unpaired) electrons. The van der Waals surface area contributed by atoms with Crippen LogP contribution in [0.15, 0.2) is 188 Å². The van der Waals surface area contributed by atoms with E-state index < -0.39 is 70.7 Å². The summed E-state index contributed by atoms with van der Waals surface area (Å²) in [5.41, 5.74) is 15.4. The Hall–Kier alpha value is -10.7. The Kier molecular flexibility index (Phi) is 33.6. The highest BCUT2D eigenvalue weighted by Gasteiger charge is 2.34. The lowest BCUT2D eigenvalue weighted by molar-refractivity contribution is -0.155. The molecule has 2 atom stereocenters. The van der Waals surface area contributed by atoms with Gasteiger partial charge in [0.15, 0.2) is 0 Å². The van der Waals surface area contributed by atoms with Gasteiger partial charge in [0, 0.05) is 57.8 Å². The van der Waals surface area contributed by atoms with E-state index in [0.29, 0.717) is 39.1 Å². The molecule has 22 nitrogen and oxygen atoms in total. The van der Waals surface area contributed by atoms with E-state index in [9.17, 15) is 47.9 Å². The van der Waals surface area contributed by atoms with Crippen molar-refractivity contribution < 1.29 is 76.4 Å². The zero-order chi connectivity index (χ0) is 77.2. The average Bonchev–Trinajstić information content (AvgIpc) is 1.62. The van der Waals surface area contributed by atoms with Gasteiger partial charge in [0.05, 0.1) is 25.2 Å². The topological polar surface area (TPSA) is 312 Å². The molecule has 0 fully saturated rings. The van der Waals surface area contributed by atoms with Crippen LogP contribution in [0.3, 0.4) is 0 Å². The molecule has 0 saturated carbocycles. The van der Waals surface area contributed by atoms with Crippen LogP contribution in [0.25, 0.3) is 22.3 Å². The summed E-state index contributed by atoms with van der Waals surface area (Å²) < 4.78 is 31.3. The smallest absolute Gasteiger partial charge is 0.407 e. The number of carbonyl (C=O) groups is 10. The molecule has 0 spiro atoms. The largest absolute Gasteiger partial charge is 0.465 e. The highest BCUT2D eigenvalue weighted by atomic mass is 16.6. The van der Waals surface area contributed by atoms with E-state index in [1.54, 1.807) is 53.7 Å². The van der Waals surface area contributed by atoms with Gasteiger partial charge in [-0.3, -0.25) is 34.6 Å². The molecular weight excluding hydrogens is 1350 g/mol. The Morgan fingerprint density at radius 1 is 0.387 bits per heavy atom. The Bertz CT molecular complexity index is 3940. The molecule has 7 N–H and O–H groups in total. The highest BCUT2D eigenvalue weighted by molar-refractivity contribution is 6.36. The number of fused-ring (bicyclic) bond motifs is 6. The number of benzene rings is 7. The number of ketones is 4. The molecule has 0 saturated heterocycles. The van der Waals surface area contributed by atoms with E-state index in [2.05, 4.69) is 50.8 Å². The van der Waals surface area contributed by atoms with Crippen molar-refractivity contribution in [1.29, 1.82) is 0 Å². The number of ether oxygens (including phenoxy) is 6. The van der Waals surface area contributed by atoms with E-state index in [-0.39, 0.29) is 87.9 Å². The van der Waals surface area contributed by atoms with Crippen molar-refractivity contribution in [2.45, 2.75) is 155 Å². The molecule has 2 aliphatic rings. The number of hydrogen-bond acceptors (Lipinski definition) is 19. The number of rotatable bonds is 30. The van der Waals surface area contributed by atoms with Gasteiger partial charge < -0.3 is 50.1 Å². The maximum atomic E-state index is 13.3. The number of amides is 3. The lowest BCUT2D eigenvalue weighted by atomic mass is 9.98. The van der Waals surface area contributed by atoms with Crippen LogP contribution in [-0.4, -0.2) is 141 Å². The zero-order valence-corrected chi connectivity index (χ0v) is 62.4. The maximum absolute atomic E-state index is 13.3. The predicted octanol–water partition coefficient (Wildman–Crippen LogP) is 12.2. The van der Waals surface area contributed by atoms with Gasteiger partial charge in [-0.05, 0) is 149 Å². The average molecular weight is 1450 g/mol. The van der Waals surface area contributed by atoms with E-state index in [1.165, 1.54) is 29.2 Å². The van der Waals surface area contributed by atoms with Crippen molar-refractivity contribution in [1.82, 2.24) is 26.6 Å². The Balaban J connectivity index is 0.000000245. The van der Waals surface area contributed by atoms with Crippen molar-refractivity contribution in [3.8, 4) is 22.3 Å². The second-order valence-corrected chi connectivity index (χ2v) is 28.3. The van der Waals surface area contributed by atoms with Crippen molar-refractivity contribution in [2.24, 2.45) is 5.73 Å². The third kappa shape index (κ3) is 29.8. The molecule has 564 valence electrons. The van der Waals surface area contributed by atoms with Crippen LogP contribution in [0.2, 0.25) is 0 Å². The third-order valence-electron chi connectivity index (χ3n) is 16.1. The highest BCUT2D eigenvalue weighted by Crippen LogP contribution is 2.46. The molecule has 0 heterocycles. The van der Waals surface area contributed by atoms with E-state index in [4.69, 9.17) is 34.2 Å². The fraction of sp³-hybridized carbons (Fsp3) is 0.381. The van der Waals surface area contributed by atoms with Crippen LogP contribution in [0.4, 0.5) is 14.4 Å². The summed E-state index contributed by atoms with van der Waals surface area (Å²) in [5, 5.41) is 13.6. The molecule has 0 aliphatic heterocycles. The summed E-state index contributed by atoms with van der Waals surface area (Å²) in [6.07, 6.45) is 0.233. The summed E-state index contributed by atoms with van der Waals surface area (Å²) in [6, 6.07) is 58.4. The van der Waals surface area contributed by atoms with Gasteiger partial charge in [-0.2, -0.15) is 0 Å². The van der Waals surface area contributed by atoms with Gasteiger partial charge in [0.1, 0.15) is 48.2 Å². The number of nitrogens with one attached hydrogen (secondary N) is 5. The first-order valence-corrected chi connectivity index (χ1v) is 35.6. The van der Waals surface area contributed by atoms with Crippen LogP contribution >= 0.6 is 0 Å². The van der Waals surface area contributed by atoms with E-state index in [0.717, 1.165) is 38.9 Å². The molecule has 7 aromatic rings. The summed E-state index contributed by atoms with van der Waals surface area (Å²) >= 11 is 0. The van der Waals surface area contributed by atoms with Crippen molar-refractivity contribution >= 4 is 59.3 Å². The first-order valence-electron chi connectivity index (χ1n) is 35.6. The van der Waals surface area contributed by atoms with Crippen LogP contribution in [-0.2, 0) is 81.4 Å². The number of Topliss-reactive ketones (excluding diaryl/α,β-unsaturated/α-hetero) is 4. The SMILES string of the molecule is CC(=O)OCC1c2ccccc2-c2ccccc21.CC(C)(C)OC(=O)NCCCC(=O)CN[C@@H](Cc1ccccc1)C(=O)C(=O)OCC1c2ccccc2-c2ccccc21.CC(C)(C)OC(=O)NCCCC(=O)CN[C@@H](Cc1ccccc1)C(=O)C(=O)OCc1ccccc1.CC(C)(C)OC(=O)NCCN. The van der Waals surface area contributed by atoms with Gasteiger partial charge in [-0.25, -0.2) is 24.0 Å². The molecule has 7 aromatic carbocycles. The van der Waals surface area contributed by atoms with E-state index >= 15 is 0 Å². The summed E-state index contributed by atoms with van der Waals surface area (Å²) in [7, 11) is 0. The molecule has 22 heteroatoms. The van der Waals surface area contributed by atoms with Crippen LogP contribution < -0.4 is 32.3 Å². The lowest BCUT2D eigenvalue weighted by Gasteiger charge is -2.19. The number of nitrogens with two attached hydrogens (primary N) is 1. The molecule has 0 aromatic heterocycles. The van der Waals surface area contributed by atoms with Gasteiger partial charge in [-0.15, -0.1) is 0 Å². The number of hydrogen-bond donors (Lipinski definition) is 6. The van der Waals surface area contributed by atoms with Crippen LogP contribution in [0.5, 0.6) is 0 Å². The molecule has 2 aliphatic carbocycles. The molecule has 0 bridgehead atoms. The second-order valence-electron chi connectivity index (χ2n) is 28.3. The summed E-state index contributed by atoms with van der Waals surface area (Å²) in [4.78, 5) is 122. The first-order chi connectivity index (χ1) is 50.5. The number of alkyl carbamates (subject to hydrolysis) is 3. The predicted molar refractivity (Wildman–Crippen MR) is 405 cm³/mol. The Morgan fingerprint density at radius 3 is 1.02 bits per heavy atom. The van der Waals surface area contributed by atoms with E-state index in [1.807, 2.05) is 172 Å². The normalized spacial score (nSPS) is 12.4. The van der Waals surface area contributed by atoms with Crippen LogP contribution in [0.1, 0.15) is 146 Å². The zero-order valence-electron chi connectivity index (χ0n) is 62.4. The van der Waals surface area contributed by atoms with Gasteiger partial charge in [0.2, 0.25) is 0 Å². The maximum Gasteiger partial charge on any atom is 0.407 e. The minimum atomic E-state index is -0.948. The van der Waals surface area contributed by atoms with Crippen molar-refractivity contribution in [3.05, 3.63) is 227 Å². The summed E-state index contributed by atoms with van der Waals surface area (Å²) in [6.45, 7) is 19.3. The number of carbonyl (C=O) groups excluding carboxylic acids is 10. The van der Waals surface area contributed by atoms with Crippen molar-refractivity contribution in [3.63, 3.8) is 0 Å². The molecular formula is C84H102N6O16. The third-order valence-corrected chi connectivity index (χ3v) is 16.1.